The molecule has 0 aliphatic rings. The zero-order valence-corrected chi connectivity index (χ0v) is 7.55. The maximum absolute atomic E-state index is 12.8. The summed E-state index contributed by atoms with van der Waals surface area (Å²) in [4.78, 5) is 0. The van der Waals surface area contributed by atoms with Crippen LogP contribution in [0.15, 0.2) is 0 Å². The molecular weight excluding hydrogens is 245 g/mol. The van der Waals surface area contributed by atoms with Crippen LogP contribution in [0, 0.1) is 23.3 Å². The summed E-state index contributed by atoms with van der Waals surface area (Å²) >= 11 is 0. The number of halogens is 7. The zero-order chi connectivity index (χ0) is 12.7. The predicted molar refractivity (Wildman–Crippen MR) is 37.8 cm³/mol. The number of ether oxygens (including phenoxy) is 1. The maximum atomic E-state index is 12.8. The van der Waals surface area contributed by atoms with Crippen molar-refractivity contribution in [3.05, 3.63) is 28.8 Å². The fraction of sp³-hybridized carbons (Fsp3) is 0.250. The average molecular weight is 248 g/mol. The van der Waals surface area contributed by atoms with Gasteiger partial charge in [0, 0.05) is 0 Å². The minimum absolute atomic E-state index is 0.660. The highest BCUT2D eigenvalue weighted by Gasteiger charge is 2.42. The zero-order valence-electron chi connectivity index (χ0n) is 7.55. The Kier molecular flexibility index (Phi) is 3.02. The Bertz CT molecular complexity index is 394. The van der Waals surface area contributed by atoms with Gasteiger partial charge in [-0.05, 0) is 0 Å². The summed E-state index contributed by atoms with van der Waals surface area (Å²) < 4.78 is 91.3. The Labute approximate surface area is 84.4 Å². The third-order valence-corrected chi connectivity index (χ3v) is 1.71. The van der Waals surface area contributed by atoms with E-state index in [1.54, 1.807) is 0 Å². The molecule has 1 rings (SSSR count). The van der Waals surface area contributed by atoms with E-state index in [0.29, 0.717) is 7.11 Å². The molecule has 1 nitrogen and oxygen atoms in total. The first kappa shape index (κ1) is 12.6. The first-order valence-corrected chi connectivity index (χ1v) is 3.69. The van der Waals surface area contributed by atoms with Crippen LogP contribution >= 0.6 is 0 Å². The molecule has 0 heterocycles. The first-order chi connectivity index (χ1) is 7.21. The van der Waals surface area contributed by atoms with Crippen LogP contribution in [-0.2, 0) is 6.18 Å². The number of hydrogen-bond acceptors (Lipinski definition) is 1. The number of alkyl halides is 3. The van der Waals surface area contributed by atoms with E-state index in [1.165, 1.54) is 0 Å². The molecule has 0 atom stereocenters. The van der Waals surface area contributed by atoms with Crippen molar-refractivity contribution in [2.24, 2.45) is 0 Å². The molecule has 0 unspecified atom stereocenters. The van der Waals surface area contributed by atoms with Crippen LogP contribution in [0.1, 0.15) is 5.56 Å². The van der Waals surface area contributed by atoms with Crippen molar-refractivity contribution in [1.29, 1.82) is 0 Å². The van der Waals surface area contributed by atoms with Gasteiger partial charge < -0.3 is 4.74 Å². The van der Waals surface area contributed by atoms with Crippen molar-refractivity contribution >= 4 is 0 Å². The lowest BCUT2D eigenvalue weighted by Gasteiger charge is -2.12. The summed E-state index contributed by atoms with van der Waals surface area (Å²) in [6, 6.07) is 0. The van der Waals surface area contributed by atoms with E-state index >= 15 is 0 Å². The minimum Gasteiger partial charge on any atom is -0.491 e. The van der Waals surface area contributed by atoms with Crippen molar-refractivity contribution in [2.45, 2.75) is 6.18 Å². The van der Waals surface area contributed by atoms with Gasteiger partial charge in [0.15, 0.2) is 17.4 Å². The molecule has 0 aliphatic carbocycles. The Morgan fingerprint density at radius 2 is 1.19 bits per heavy atom. The molecule has 0 spiro atoms. The highest BCUT2D eigenvalue weighted by molar-refractivity contribution is 5.35. The largest absolute Gasteiger partial charge is 0.491 e. The highest BCUT2D eigenvalue weighted by atomic mass is 19.4. The standard InChI is InChI=1S/C8H3F7O/c1-16-7-5(11)3(9)2(8(13,14)15)4(10)6(7)12/h1H3. The summed E-state index contributed by atoms with van der Waals surface area (Å²) in [6.07, 6.45) is -5.54. The monoisotopic (exact) mass is 248 g/mol. The smallest absolute Gasteiger partial charge is 0.422 e. The molecule has 16 heavy (non-hydrogen) atoms. The second-order valence-electron chi connectivity index (χ2n) is 2.66. The van der Waals surface area contributed by atoms with Gasteiger partial charge in [-0.2, -0.15) is 22.0 Å². The van der Waals surface area contributed by atoms with Crippen LogP contribution in [0.4, 0.5) is 30.7 Å². The van der Waals surface area contributed by atoms with E-state index in [2.05, 4.69) is 4.74 Å². The van der Waals surface area contributed by atoms with E-state index in [1.807, 2.05) is 0 Å². The molecule has 1 aromatic carbocycles. The van der Waals surface area contributed by atoms with E-state index in [9.17, 15) is 30.7 Å². The second kappa shape index (κ2) is 3.84. The summed E-state index contributed by atoms with van der Waals surface area (Å²) in [7, 11) is 0.660. The highest BCUT2D eigenvalue weighted by Crippen LogP contribution is 2.38. The van der Waals surface area contributed by atoms with Gasteiger partial charge in [-0.3, -0.25) is 0 Å². The van der Waals surface area contributed by atoms with Gasteiger partial charge in [-0.1, -0.05) is 0 Å². The van der Waals surface area contributed by atoms with Gasteiger partial charge in [-0.15, -0.1) is 0 Å². The Hall–Kier alpha value is -1.47. The first-order valence-electron chi connectivity index (χ1n) is 3.69. The lowest BCUT2D eigenvalue weighted by atomic mass is 10.1. The summed E-state index contributed by atoms with van der Waals surface area (Å²) in [6.45, 7) is 0. The molecular formula is C8H3F7O. The van der Waals surface area contributed by atoms with Gasteiger partial charge in [-0.25, -0.2) is 8.78 Å². The molecule has 0 aromatic heterocycles. The third-order valence-electron chi connectivity index (χ3n) is 1.71. The van der Waals surface area contributed by atoms with Crippen LogP contribution in [-0.4, -0.2) is 7.11 Å². The van der Waals surface area contributed by atoms with Crippen LogP contribution < -0.4 is 4.74 Å². The van der Waals surface area contributed by atoms with Crippen LogP contribution in [0.5, 0.6) is 5.75 Å². The predicted octanol–water partition coefficient (Wildman–Crippen LogP) is 3.27. The third kappa shape index (κ3) is 1.79. The molecule has 0 radical (unpaired) electrons. The Balaban J connectivity index is 3.67. The van der Waals surface area contributed by atoms with Crippen LogP contribution in [0.2, 0.25) is 0 Å². The molecule has 0 N–H and O–H groups in total. The van der Waals surface area contributed by atoms with Crippen molar-refractivity contribution < 1.29 is 35.5 Å². The van der Waals surface area contributed by atoms with E-state index in [4.69, 9.17) is 0 Å². The van der Waals surface area contributed by atoms with Crippen molar-refractivity contribution in [3.63, 3.8) is 0 Å². The molecule has 1 aromatic rings. The number of methoxy groups -OCH3 is 1. The molecule has 0 amide bonds. The van der Waals surface area contributed by atoms with Gasteiger partial charge >= 0.3 is 6.18 Å². The number of rotatable bonds is 1. The van der Waals surface area contributed by atoms with Crippen LogP contribution in [0.3, 0.4) is 0 Å². The summed E-state index contributed by atoms with van der Waals surface area (Å²) in [5.74, 6) is -11.1. The fourth-order valence-corrected chi connectivity index (χ4v) is 1.04. The van der Waals surface area contributed by atoms with Gasteiger partial charge in [0.05, 0.1) is 7.11 Å². The van der Waals surface area contributed by atoms with Crippen molar-refractivity contribution in [2.75, 3.05) is 7.11 Å². The van der Waals surface area contributed by atoms with E-state index < -0.39 is 40.8 Å². The minimum atomic E-state index is -5.54. The van der Waals surface area contributed by atoms with E-state index in [-0.39, 0.29) is 0 Å². The molecule has 0 saturated carbocycles. The van der Waals surface area contributed by atoms with Gasteiger partial charge in [0.1, 0.15) is 5.56 Å². The lowest BCUT2D eigenvalue weighted by Crippen LogP contribution is -2.15. The lowest BCUT2D eigenvalue weighted by molar-refractivity contribution is -0.143. The quantitative estimate of drug-likeness (QED) is 0.547. The number of benzene rings is 1. The molecule has 0 fully saturated rings. The fourth-order valence-electron chi connectivity index (χ4n) is 1.04. The van der Waals surface area contributed by atoms with Crippen molar-refractivity contribution in [1.82, 2.24) is 0 Å². The van der Waals surface area contributed by atoms with E-state index in [0.717, 1.165) is 0 Å². The van der Waals surface area contributed by atoms with Crippen molar-refractivity contribution in [3.8, 4) is 5.75 Å². The maximum Gasteiger partial charge on any atom is 0.422 e. The summed E-state index contributed by atoms with van der Waals surface area (Å²) in [5, 5.41) is 0. The summed E-state index contributed by atoms with van der Waals surface area (Å²) in [5.41, 5.74) is -2.62. The molecule has 8 heteroatoms. The Morgan fingerprint density at radius 3 is 1.44 bits per heavy atom. The van der Waals surface area contributed by atoms with Gasteiger partial charge in [0.25, 0.3) is 0 Å². The molecule has 0 aliphatic heterocycles. The molecule has 0 bridgehead atoms. The number of hydrogen-bond donors (Lipinski definition) is 0. The second-order valence-corrected chi connectivity index (χ2v) is 2.66. The molecule has 0 saturated heterocycles. The van der Waals surface area contributed by atoms with Gasteiger partial charge in [0.2, 0.25) is 11.6 Å². The Morgan fingerprint density at radius 1 is 0.812 bits per heavy atom. The molecule has 90 valence electrons. The normalized spacial score (nSPS) is 11.8. The average Bonchev–Trinajstić information content (AvgIpc) is 2.14. The SMILES string of the molecule is COc1c(F)c(F)c(C(F)(F)F)c(F)c1F. The van der Waals surface area contributed by atoms with Crippen LogP contribution in [0.25, 0.3) is 0 Å². The topological polar surface area (TPSA) is 9.23 Å².